The molecule has 0 saturated carbocycles. The third-order valence-electron chi connectivity index (χ3n) is 3.47. The summed E-state index contributed by atoms with van der Waals surface area (Å²) in [5.41, 5.74) is 0. The van der Waals surface area contributed by atoms with Gasteiger partial charge in [-0.2, -0.15) is 26.3 Å². The number of carbonyl (C=O) groups is 4. The van der Waals surface area contributed by atoms with Gasteiger partial charge in [0, 0.05) is 19.5 Å². The van der Waals surface area contributed by atoms with Crippen molar-refractivity contribution in [3.05, 3.63) is 0 Å². The number of hydrogen-bond acceptors (Lipinski definition) is 4. The number of amides is 3. The van der Waals surface area contributed by atoms with E-state index in [-0.39, 0.29) is 46.1 Å². The average Bonchev–Trinajstić information content (AvgIpc) is 2.58. The summed E-state index contributed by atoms with van der Waals surface area (Å²) >= 11 is 0. The van der Waals surface area contributed by atoms with Crippen molar-refractivity contribution in [1.82, 2.24) is 16.0 Å². The Morgan fingerprint density at radius 1 is 0.767 bits per heavy atom. The first-order chi connectivity index (χ1) is 13.2. The smallest absolute Gasteiger partial charge is 0.471 e. The van der Waals surface area contributed by atoms with Gasteiger partial charge in [-0.3, -0.25) is 14.4 Å². The molecule has 30 heavy (non-hydrogen) atoms. The van der Waals surface area contributed by atoms with Crippen LogP contribution in [0.2, 0.25) is 0 Å². The molecule has 0 radical (unpaired) electrons. The highest BCUT2D eigenvalue weighted by Crippen LogP contribution is 2.14. The summed E-state index contributed by atoms with van der Waals surface area (Å²) in [5, 5.41) is 14.4. The maximum atomic E-state index is 12.0. The molecule has 0 heterocycles. The molecule has 0 aliphatic rings. The largest absolute Gasteiger partial charge is 0.480 e. The van der Waals surface area contributed by atoms with Gasteiger partial charge in [0.1, 0.15) is 6.04 Å². The van der Waals surface area contributed by atoms with Gasteiger partial charge in [-0.15, -0.1) is 0 Å². The quantitative estimate of drug-likeness (QED) is 0.265. The number of aliphatic carboxylic acids is 1. The summed E-state index contributed by atoms with van der Waals surface area (Å²) in [6.07, 6.45) is -9.79. The van der Waals surface area contributed by atoms with E-state index in [4.69, 9.17) is 5.11 Å². The van der Waals surface area contributed by atoms with Crippen molar-refractivity contribution in [3.63, 3.8) is 0 Å². The topological polar surface area (TPSA) is 125 Å². The standard InChI is InChI=1S/C15H21F6N3O5.CH4/c16-14(17,18)12(28)22-7-3-1-2-6-10(25)24-9(11(26)27)5-4-8-23-13(29)15(19,20)21;/h9H,1-8H2,(H,22,28)(H,23,29)(H,24,25)(H,26,27);1H4. The van der Waals surface area contributed by atoms with Gasteiger partial charge < -0.3 is 21.1 Å². The molecule has 0 saturated heterocycles. The molecule has 0 aliphatic heterocycles. The predicted molar refractivity (Wildman–Crippen MR) is 92.1 cm³/mol. The maximum Gasteiger partial charge on any atom is 0.471 e. The lowest BCUT2D eigenvalue weighted by Crippen LogP contribution is -2.42. The van der Waals surface area contributed by atoms with Crippen LogP contribution in [0.5, 0.6) is 0 Å². The molecule has 0 fully saturated rings. The second kappa shape index (κ2) is 13.6. The third kappa shape index (κ3) is 13.6. The minimum atomic E-state index is -5.05. The molecule has 14 heteroatoms. The molecule has 0 spiro atoms. The fourth-order valence-corrected chi connectivity index (χ4v) is 2.02. The Labute approximate surface area is 168 Å². The molecular weight excluding hydrogens is 428 g/mol. The van der Waals surface area contributed by atoms with Crippen LogP contribution in [0.15, 0.2) is 0 Å². The zero-order chi connectivity index (χ0) is 22.7. The van der Waals surface area contributed by atoms with Crippen molar-refractivity contribution in [2.45, 2.75) is 64.3 Å². The molecule has 1 unspecified atom stereocenters. The maximum absolute atomic E-state index is 12.0. The molecular formula is C16H25F6N3O5. The number of rotatable bonds is 12. The lowest BCUT2D eigenvalue weighted by atomic mass is 10.1. The summed E-state index contributed by atoms with van der Waals surface area (Å²) < 4.78 is 71.8. The van der Waals surface area contributed by atoms with Crippen molar-refractivity contribution < 1.29 is 50.6 Å². The number of halogens is 6. The molecule has 3 amide bonds. The van der Waals surface area contributed by atoms with Crippen molar-refractivity contribution in [1.29, 1.82) is 0 Å². The highest BCUT2D eigenvalue weighted by Gasteiger charge is 2.38. The molecule has 0 aliphatic carbocycles. The normalized spacial score (nSPS) is 12.3. The van der Waals surface area contributed by atoms with Crippen LogP contribution >= 0.6 is 0 Å². The zero-order valence-corrected chi connectivity index (χ0v) is 15.1. The van der Waals surface area contributed by atoms with Gasteiger partial charge in [0.05, 0.1) is 0 Å². The van der Waals surface area contributed by atoms with E-state index in [2.05, 4.69) is 5.32 Å². The molecule has 0 aromatic carbocycles. The molecule has 1 atom stereocenters. The number of carboxylic acids is 1. The fraction of sp³-hybridized carbons (Fsp3) is 0.750. The number of unbranched alkanes of at least 4 members (excludes halogenated alkanes) is 2. The van der Waals surface area contributed by atoms with Crippen LogP contribution in [-0.4, -0.2) is 60.3 Å². The van der Waals surface area contributed by atoms with E-state index in [9.17, 15) is 45.5 Å². The number of carbonyl (C=O) groups excluding carboxylic acids is 3. The molecule has 4 N–H and O–H groups in total. The van der Waals surface area contributed by atoms with Gasteiger partial charge in [-0.1, -0.05) is 13.8 Å². The number of carboxylic acid groups (broad SMARTS) is 1. The summed E-state index contributed by atoms with van der Waals surface area (Å²) in [5.74, 6) is -6.28. The fourth-order valence-electron chi connectivity index (χ4n) is 2.02. The van der Waals surface area contributed by atoms with E-state index in [1.54, 1.807) is 10.6 Å². The lowest BCUT2D eigenvalue weighted by molar-refractivity contribution is -0.173. The van der Waals surface area contributed by atoms with Crippen LogP contribution in [0.25, 0.3) is 0 Å². The Hall–Kier alpha value is -2.54. The second-order valence-corrected chi connectivity index (χ2v) is 5.92. The predicted octanol–water partition coefficient (Wildman–Crippen LogP) is 1.89. The molecule has 0 aromatic heterocycles. The van der Waals surface area contributed by atoms with Gasteiger partial charge in [-0.25, -0.2) is 4.79 Å². The molecule has 0 aromatic rings. The minimum Gasteiger partial charge on any atom is -0.480 e. The van der Waals surface area contributed by atoms with Crippen LogP contribution < -0.4 is 16.0 Å². The average molecular weight is 453 g/mol. The highest BCUT2D eigenvalue weighted by molar-refractivity contribution is 5.83. The lowest BCUT2D eigenvalue weighted by Gasteiger charge is -2.15. The van der Waals surface area contributed by atoms with E-state index in [0.717, 1.165) is 0 Å². The van der Waals surface area contributed by atoms with Crippen LogP contribution in [0, 0.1) is 0 Å². The number of nitrogens with one attached hydrogen (secondary N) is 3. The van der Waals surface area contributed by atoms with Crippen molar-refractivity contribution in [2.24, 2.45) is 0 Å². The number of alkyl halides is 6. The van der Waals surface area contributed by atoms with Crippen LogP contribution in [0.3, 0.4) is 0 Å². The van der Waals surface area contributed by atoms with E-state index in [0.29, 0.717) is 6.42 Å². The van der Waals surface area contributed by atoms with Crippen LogP contribution in [-0.2, 0) is 19.2 Å². The first kappa shape index (κ1) is 29.7. The minimum absolute atomic E-state index is 0. The van der Waals surface area contributed by atoms with Crippen molar-refractivity contribution in [3.8, 4) is 0 Å². The van der Waals surface area contributed by atoms with Crippen molar-refractivity contribution in [2.75, 3.05) is 13.1 Å². The van der Waals surface area contributed by atoms with Crippen LogP contribution in [0.4, 0.5) is 26.3 Å². The summed E-state index contributed by atoms with van der Waals surface area (Å²) in [6.45, 7) is -0.664. The molecule has 176 valence electrons. The Morgan fingerprint density at radius 3 is 1.67 bits per heavy atom. The van der Waals surface area contributed by atoms with Gasteiger partial charge in [-0.05, 0) is 25.7 Å². The molecule has 8 nitrogen and oxygen atoms in total. The summed E-state index contributed by atoms with van der Waals surface area (Å²) in [4.78, 5) is 43.9. The first-order valence-corrected chi connectivity index (χ1v) is 8.47. The molecule has 0 bridgehead atoms. The van der Waals surface area contributed by atoms with E-state index < -0.39 is 48.6 Å². The van der Waals surface area contributed by atoms with Crippen LogP contribution in [0.1, 0.15) is 46.0 Å². The Bertz CT molecular complexity index is 581. The van der Waals surface area contributed by atoms with E-state index in [1.165, 1.54) is 0 Å². The Morgan fingerprint density at radius 2 is 1.23 bits per heavy atom. The van der Waals surface area contributed by atoms with Gasteiger partial charge in [0.15, 0.2) is 0 Å². The second-order valence-electron chi connectivity index (χ2n) is 5.92. The molecule has 0 rings (SSSR count). The SMILES string of the molecule is C.O=C(CCCCCNC(=O)C(F)(F)F)NC(CCCNC(=O)C(F)(F)F)C(=O)O. The monoisotopic (exact) mass is 453 g/mol. The number of hydrogen-bond donors (Lipinski definition) is 4. The highest BCUT2D eigenvalue weighted by atomic mass is 19.4. The van der Waals surface area contributed by atoms with E-state index in [1.807, 2.05) is 0 Å². The Kier molecular flexibility index (Phi) is 13.5. The third-order valence-corrected chi connectivity index (χ3v) is 3.47. The van der Waals surface area contributed by atoms with Gasteiger partial charge in [0.2, 0.25) is 5.91 Å². The summed E-state index contributed by atoms with van der Waals surface area (Å²) in [6, 6.07) is -1.36. The zero-order valence-electron chi connectivity index (χ0n) is 15.1. The van der Waals surface area contributed by atoms with Gasteiger partial charge in [0.25, 0.3) is 0 Å². The Balaban J connectivity index is 0. The first-order valence-electron chi connectivity index (χ1n) is 8.47. The van der Waals surface area contributed by atoms with E-state index >= 15 is 0 Å². The van der Waals surface area contributed by atoms with Crippen molar-refractivity contribution >= 4 is 23.7 Å². The summed E-state index contributed by atoms with van der Waals surface area (Å²) in [7, 11) is 0. The van der Waals surface area contributed by atoms with Gasteiger partial charge >= 0.3 is 30.1 Å².